The number of phenolic OH excluding ortho intramolecular Hbond substituents is 1. The van der Waals surface area contributed by atoms with Gasteiger partial charge < -0.3 is 33.9 Å². The molecule has 0 saturated carbocycles. The Bertz CT molecular complexity index is 1060. The van der Waals surface area contributed by atoms with Crippen molar-refractivity contribution < 1.29 is 28.8 Å². The normalized spacial score (nSPS) is 15.5. The number of piperidine rings is 1. The van der Waals surface area contributed by atoms with Gasteiger partial charge in [-0.2, -0.15) is 0 Å². The highest BCUT2D eigenvalue weighted by Crippen LogP contribution is 2.45. The molecule has 0 radical (unpaired) electrons. The first-order valence-corrected chi connectivity index (χ1v) is 15.3. The van der Waals surface area contributed by atoms with Gasteiger partial charge in [0.1, 0.15) is 5.75 Å². The molecule has 0 spiro atoms. The number of phenols is 1. The fourth-order valence-corrected chi connectivity index (χ4v) is 5.77. The van der Waals surface area contributed by atoms with Crippen LogP contribution in [-0.4, -0.2) is 99.5 Å². The van der Waals surface area contributed by atoms with Crippen molar-refractivity contribution in [1.29, 1.82) is 0 Å². The molecule has 1 saturated heterocycles. The van der Waals surface area contributed by atoms with E-state index in [1.54, 1.807) is 19.1 Å². The number of aromatic hydroxyl groups is 1. The van der Waals surface area contributed by atoms with Crippen LogP contribution in [0.4, 0.5) is 0 Å². The lowest BCUT2D eigenvalue weighted by Gasteiger charge is -2.44. The summed E-state index contributed by atoms with van der Waals surface area (Å²) in [6, 6.07) is 17.1. The van der Waals surface area contributed by atoms with Gasteiger partial charge in [-0.3, -0.25) is 4.79 Å². The van der Waals surface area contributed by atoms with E-state index >= 15 is 0 Å². The van der Waals surface area contributed by atoms with Gasteiger partial charge >= 0.3 is 0 Å². The van der Waals surface area contributed by atoms with Crippen LogP contribution in [0.3, 0.4) is 0 Å². The van der Waals surface area contributed by atoms with Gasteiger partial charge in [0.15, 0.2) is 6.29 Å². The maximum Gasteiger partial charge on any atom is 0.225 e. The number of carbonyl (C=O) groups excluding carboxylic acids is 1. The van der Waals surface area contributed by atoms with Crippen LogP contribution in [0.1, 0.15) is 63.6 Å². The van der Waals surface area contributed by atoms with E-state index in [-0.39, 0.29) is 23.8 Å². The van der Waals surface area contributed by atoms with Gasteiger partial charge in [0, 0.05) is 37.8 Å². The summed E-state index contributed by atoms with van der Waals surface area (Å²) in [5, 5.41) is 11.1. The van der Waals surface area contributed by atoms with Gasteiger partial charge in [-0.1, -0.05) is 42.5 Å². The molecule has 0 atom stereocenters. The second kappa shape index (κ2) is 17.0. The molecule has 8 nitrogen and oxygen atoms in total. The second-order valence-corrected chi connectivity index (χ2v) is 11.7. The van der Waals surface area contributed by atoms with Gasteiger partial charge in [-0.05, 0) is 77.2 Å². The van der Waals surface area contributed by atoms with Crippen molar-refractivity contribution in [2.75, 3.05) is 60.2 Å². The molecule has 1 aliphatic rings. The highest BCUT2D eigenvalue weighted by atomic mass is 16.7. The van der Waals surface area contributed by atoms with Crippen molar-refractivity contribution in [3.05, 3.63) is 65.2 Å². The van der Waals surface area contributed by atoms with E-state index in [1.807, 2.05) is 32.0 Å². The Kier molecular flexibility index (Phi) is 13.7. The average molecular weight is 585 g/mol. The van der Waals surface area contributed by atoms with Crippen LogP contribution in [0.5, 0.6) is 5.75 Å². The third-order valence-corrected chi connectivity index (χ3v) is 8.34. The zero-order chi connectivity index (χ0) is 30.5. The number of carbonyl (C=O) groups is 1. The number of ether oxygens (including phenoxy) is 4. The second-order valence-electron chi connectivity index (χ2n) is 11.7. The maximum absolute atomic E-state index is 13.0. The molecule has 2 aromatic rings. The predicted molar refractivity (Wildman–Crippen MR) is 166 cm³/mol. The molecule has 1 N–H and O–H groups in total. The summed E-state index contributed by atoms with van der Waals surface area (Å²) in [6.07, 6.45) is 2.49. The van der Waals surface area contributed by atoms with E-state index in [0.29, 0.717) is 51.1 Å². The van der Waals surface area contributed by atoms with Crippen LogP contribution >= 0.6 is 0 Å². The van der Waals surface area contributed by atoms with E-state index in [1.165, 1.54) is 5.56 Å². The van der Waals surface area contributed by atoms with Crippen LogP contribution < -0.4 is 0 Å². The van der Waals surface area contributed by atoms with Crippen molar-refractivity contribution in [2.24, 2.45) is 0 Å². The highest BCUT2D eigenvalue weighted by molar-refractivity contribution is 5.76. The van der Waals surface area contributed by atoms with Crippen LogP contribution in [0, 0.1) is 0 Å². The van der Waals surface area contributed by atoms with E-state index in [4.69, 9.17) is 18.9 Å². The molecule has 42 heavy (non-hydrogen) atoms. The molecule has 8 heteroatoms. The van der Waals surface area contributed by atoms with Crippen molar-refractivity contribution in [3.8, 4) is 5.75 Å². The third-order valence-electron chi connectivity index (χ3n) is 8.34. The number of benzene rings is 2. The standard InChI is InChI=1S/C34H52N2O6/c1-26(2)35-18-16-34(17-19-35,29-10-8-7-9-11-29)30-24-28(12-13-31(30)37)14-21-41-22-15-32(38)36(20-23-42-27(3)4)25-33(39-5)40-6/h7-13,24,26-27,33,37H,14-23,25H2,1-6H3. The minimum Gasteiger partial charge on any atom is -0.508 e. The Hall–Kier alpha value is -2.49. The van der Waals surface area contributed by atoms with Gasteiger partial charge in [0.2, 0.25) is 5.91 Å². The van der Waals surface area contributed by atoms with Gasteiger partial charge in [0.25, 0.3) is 0 Å². The number of hydrogen-bond donors (Lipinski definition) is 1. The molecular weight excluding hydrogens is 532 g/mol. The lowest BCUT2D eigenvalue weighted by Crippen LogP contribution is -2.45. The largest absolute Gasteiger partial charge is 0.508 e. The van der Waals surface area contributed by atoms with Crippen LogP contribution in [0.15, 0.2) is 48.5 Å². The molecule has 1 aliphatic heterocycles. The Morgan fingerprint density at radius 2 is 1.67 bits per heavy atom. The Balaban J connectivity index is 1.61. The summed E-state index contributed by atoms with van der Waals surface area (Å²) in [5.74, 6) is 0.324. The van der Waals surface area contributed by atoms with E-state index in [2.05, 4.69) is 49.1 Å². The number of hydrogen-bond acceptors (Lipinski definition) is 7. The van der Waals surface area contributed by atoms with Crippen LogP contribution in [0.25, 0.3) is 0 Å². The Morgan fingerprint density at radius 1 is 0.976 bits per heavy atom. The summed E-state index contributed by atoms with van der Waals surface area (Å²) in [7, 11) is 3.13. The molecule has 2 aromatic carbocycles. The molecule has 0 aliphatic carbocycles. The van der Waals surface area contributed by atoms with Crippen molar-refractivity contribution in [1.82, 2.24) is 9.80 Å². The maximum atomic E-state index is 13.0. The van der Waals surface area contributed by atoms with Crippen LogP contribution in [-0.2, 0) is 35.6 Å². The lowest BCUT2D eigenvalue weighted by atomic mass is 9.67. The monoisotopic (exact) mass is 584 g/mol. The fraction of sp³-hybridized carbons (Fsp3) is 0.618. The first kappa shape index (κ1) is 34.0. The zero-order valence-corrected chi connectivity index (χ0v) is 26.5. The fourth-order valence-electron chi connectivity index (χ4n) is 5.77. The minimum absolute atomic E-state index is 0.0223. The number of nitrogens with zero attached hydrogens (tertiary/aromatic N) is 2. The molecular formula is C34H52N2O6. The summed E-state index contributed by atoms with van der Waals surface area (Å²) < 4.78 is 22.2. The quantitative estimate of drug-likeness (QED) is 0.207. The summed E-state index contributed by atoms with van der Waals surface area (Å²) in [4.78, 5) is 17.2. The number of methoxy groups -OCH3 is 2. The van der Waals surface area contributed by atoms with Crippen molar-refractivity contribution in [2.45, 2.75) is 77.2 Å². The average Bonchev–Trinajstić information content (AvgIpc) is 2.99. The first-order chi connectivity index (χ1) is 20.2. The predicted octanol–water partition coefficient (Wildman–Crippen LogP) is 5.00. The van der Waals surface area contributed by atoms with Gasteiger partial charge in [-0.15, -0.1) is 0 Å². The lowest BCUT2D eigenvalue weighted by molar-refractivity contribution is -0.147. The third kappa shape index (κ3) is 9.51. The van der Waals surface area contributed by atoms with E-state index < -0.39 is 6.29 Å². The first-order valence-electron chi connectivity index (χ1n) is 15.3. The summed E-state index contributed by atoms with van der Waals surface area (Å²) >= 11 is 0. The van der Waals surface area contributed by atoms with E-state index in [0.717, 1.165) is 37.1 Å². The summed E-state index contributed by atoms with van der Waals surface area (Å²) in [6.45, 7) is 12.5. The number of rotatable bonds is 17. The number of amides is 1. The van der Waals surface area contributed by atoms with Gasteiger partial charge in [0.05, 0.1) is 38.9 Å². The van der Waals surface area contributed by atoms with Gasteiger partial charge in [-0.25, -0.2) is 0 Å². The van der Waals surface area contributed by atoms with Crippen LogP contribution in [0.2, 0.25) is 0 Å². The SMILES string of the molecule is COC(CN(CCOC(C)C)C(=O)CCOCCc1ccc(O)c(C2(c3ccccc3)CCN(C(C)C)CC2)c1)OC. The minimum atomic E-state index is -0.491. The Morgan fingerprint density at radius 3 is 2.29 bits per heavy atom. The van der Waals surface area contributed by atoms with E-state index in [9.17, 15) is 9.90 Å². The van der Waals surface area contributed by atoms with Crippen molar-refractivity contribution >= 4 is 5.91 Å². The zero-order valence-electron chi connectivity index (χ0n) is 26.5. The molecule has 0 aromatic heterocycles. The molecule has 234 valence electrons. The topological polar surface area (TPSA) is 80.7 Å². The molecule has 1 fully saturated rings. The summed E-state index contributed by atoms with van der Waals surface area (Å²) in [5.41, 5.74) is 3.13. The van der Waals surface area contributed by atoms with Crippen molar-refractivity contribution in [3.63, 3.8) is 0 Å². The number of likely N-dealkylation sites (tertiary alicyclic amines) is 1. The molecule has 0 unspecified atom stereocenters. The highest BCUT2D eigenvalue weighted by Gasteiger charge is 2.40. The molecule has 1 amide bonds. The molecule has 3 rings (SSSR count). The molecule has 0 bridgehead atoms. The Labute approximate surface area is 252 Å². The molecule has 1 heterocycles. The smallest absolute Gasteiger partial charge is 0.225 e.